The van der Waals surface area contributed by atoms with Gasteiger partial charge in [-0.25, -0.2) is 14.4 Å². The summed E-state index contributed by atoms with van der Waals surface area (Å²) in [5, 5.41) is 2.66. The van der Waals surface area contributed by atoms with Gasteiger partial charge in [-0.05, 0) is 36.4 Å². The fourth-order valence-corrected chi connectivity index (χ4v) is 2.52. The van der Waals surface area contributed by atoms with Crippen molar-refractivity contribution in [2.45, 2.75) is 6.18 Å². The lowest BCUT2D eigenvalue weighted by Gasteiger charge is -2.12. The first kappa shape index (κ1) is 19.4. The SMILES string of the molecule is COc1ccc(-c2nc(Nc3cccc(C(F)(F)F)c3)ncc2F)cc1OC. The van der Waals surface area contributed by atoms with Gasteiger partial charge in [-0.15, -0.1) is 0 Å². The van der Waals surface area contributed by atoms with Gasteiger partial charge in [-0.1, -0.05) is 6.07 Å². The molecule has 0 aliphatic rings. The first-order chi connectivity index (χ1) is 13.3. The van der Waals surface area contributed by atoms with Crippen molar-refractivity contribution in [3.8, 4) is 22.8 Å². The van der Waals surface area contributed by atoms with Gasteiger partial charge in [0.1, 0.15) is 5.69 Å². The van der Waals surface area contributed by atoms with Gasteiger partial charge in [-0.2, -0.15) is 13.2 Å². The van der Waals surface area contributed by atoms with Crippen LogP contribution < -0.4 is 14.8 Å². The van der Waals surface area contributed by atoms with Crippen molar-refractivity contribution in [3.63, 3.8) is 0 Å². The molecule has 0 unspecified atom stereocenters. The maximum absolute atomic E-state index is 14.3. The molecule has 28 heavy (non-hydrogen) atoms. The maximum Gasteiger partial charge on any atom is 0.416 e. The molecular weight excluding hydrogens is 378 g/mol. The summed E-state index contributed by atoms with van der Waals surface area (Å²) in [6, 6.07) is 9.27. The monoisotopic (exact) mass is 393 g/mol. The Balaban J connectivity index is 1.95. The van der Waals surface area contributed by atoms with Crippen LogP contribution in [0.15, 0.2) is 48.7 Å². The average Bonchev–Trinajstić information content (AvgIpc) is 2.68. The molecule has 0 saturated carbocycles. The van der Waals surface area contributed by atoms with Crippen LogP contribution in [0.25, 0.3) is 11.3 Å². The maximum atomic E-state index is 14.3. The van der Waals surface area contributed by atoms with Crippen LogP contribution in [0.5, 0.6) is 11.5 Å². The Hall–Kier alpha value is -3.36. The number of hydrogen-bond donors (Lipinski definition) is 1. The van der Waals surface area contributed by atoms with Crippen molar-refractivity contribution < 1.29 is 27.0 Å². The fraction of sp³-hybridized carbons (Fsp3) is 0.158. The standard InChI is InChI=1S/C19H15F4N3O2/c1-27-15-7-6-11(8-16(15)28-2)17-14(20)10-24-18(26-17)25-13-5-3-4-12(9-13)19(21,22)23/h3-10H,1-2H3,(H,24,25,26). The first-order valence-corrected chi connectivity index (χ1v) is 8.01. The highest BCUT2D eigenvalue weighted by Gasteiger charge is 2.30. The second-order valence-electron chi connectivity index (χ2n) is 5.66. The number of alkyl halides is 3. The largest absolute Gasteiger partial charge is 0.493 e. The summed E-state index contributed by atoms with van der Waals surface area (Å²) >= 11 is 0. The van der Waals surface area contributed by atoms with E-state index in [1.54, 1.807) is 12.1 Å². The molecule has 5 nitrogen and oxygen atoms in total. The summed E-state index contributed by atoms with van der Waals surface area (Å²) in [4.78, 5) is 7.88. The van der Waals surface area contributed by atoms with Gasteiger partial charge in [0.2, 0.25) is 5.95 Å². The van der Waals surface area contributed by atoms with Crippen molar-refractivity contribution in [2.75, 3.05) is 19.5 Å². The lowest BCUT2D eigenvalue weighted by Crippen LogP contribution is -2.06. The molecule has 0 aliphatic carbocycles. The number of anilines is 2. The van der Waals surface area contributed by atoms with Crippen LogP contribution in [0.1, 0.15) is 5.56 Å². The Labute approximate surface area is 158 Å². The molecule has 0 atom stereocenters. The van der Waals surface area contributed by atoms with Crippen LogP contribution in [0.4, 0.5) is 29.2 Å². The molecular formula is C19H15F4N3O2. The third kappa shape index (κ3) is 4.13. The zero-order chi connectivity index (χ0) is 20.3. The topological polar surface area (TPSA) is 56.3 Å². The second kappa shape index (κ2) is 7.71. The molecule has 0 aliphatic heterocycles. The smallest absolute Gasteiger partial charge is 0.416 e. The molecule has 146 valence electrons. The van der Waals surface area contributed by atoms with Crippen molar-refractivity contribution in [1.29, 1.82) is 0 Å². The molecule has 0 amide bonds. The fourth-order valence-electron chi connectivity index (χ4n) is 2.52. The molecule has 0 fully saturated rings. The Bertz CT molecular complexity index is 993. The second-order valence-corrected chi connectivity index (χ2v) is 5.66. The van der Waals surface area contributed by atoms with E-state index in [2.05, 4.69) is 15.3 Å². The minimum Gasteiger partial charge on any atom is -0.493 e. The van der Waals surface area contributed by atoms with Crippen LogP contribution in [-0.2, 0) is 6.18 Å². The Morgan fingerprint density at radius 2 is 1.71 bits per heavy atom. The van der Waals surface area contributed by atoms with E-state index in [0.29, 0.717) is 17.1 Å². The van der Waals surface area contributed by atoms with E-state index in [1.165, 1.54) is 32.4 Å². The molecule has 1 aromatic heterocycles. The van der Waals surface area contributed by atoms with E-state index in [-0.39, 0.29) is 17.3 Å². The number of halogens is 4. The molecule has 2 aromatic carbocycles. The van der Waals surface area contributed by atoms with E-state index in [9.17, 15) is 17.6 Å². The molecule has 0 radical (unpaired) electrons. The number of benzene rings is 2. The summed E-state index contributed by atoms with van der Waals surface area (Å²) in [6.45, 7) is 0. The lowest BCUT2D eigenvalue weighted by atomic mass is 10.1. The highest BCUT2D eigenvalue weighted by atomic mass is 19.4. The van der Waals surface area contributed by atoms with E-state index < -0.39 is 17.6 Å². The van der Waals surface area contributed by atoms with Gasteiger partial charge in [0.05, 0.1) is 26.0 Å². The Morgan fingerprint density at radius 1 is 0.964 bits per heavy atom. The van der Waals surface area contributed by atoms with Crippen LogP contribution in [0.2, 0.25) is 0 Å². The number of hydrogen-bond acceptors (Lipinski definition) is 5. The van der Waals surface area contributed by atoms with Crippen LogP contribution in [0.3, 0.4) is 0 Å². The third-order valence-electron chi connectivity index (χ3n) is 3.85. The van der Waals surface area contributed by atoms with Crippen LogP contribution in [0, 0.1) is 5.82 Å². The average molecular weight is 393 g/mol. The minimum absolute atomic E-state index is 0.0366. The molecule has 1 N–H and O–H groups in total. The van der Waals surface area contributed by atoms with E-state index in [0.717, 1.165) is 18.3 Å². The molecule has 0 bridgehead atoms. The van der Waals surface area contributed by atoms with Crippen molar-refractivity contribution in [1.82, 2.24) is 9.97 Å². The highest BCUT2D eigenvalue weighted by molar-refractivity contribution is 5.66. The Kier molecular flexibility index (Phi) is 5.34. The van der Waals surface area contributed by atoms with Crippen molar-refractivity contribution >= 4 is 11.6 Å². The number of nitrogens with zero attached hydrogens (tertiary/aromatic N) is 2. The molecule has 9 heteroatoms. The summed E-state index contributed by atoms with van der Waals surface area (Å²) in [5.74, 6) is 0.0979. The van der Waals surface area contributed by atoms with Gasteiger partial charge in [-0.3, -0.25) is 0 Å². The van der Waals surface area contributed by atoms with Crippen molar-refractivity contribution in [2.24, 2.45) is 0 Å². The number of aromatic nitrogens is 2. The third-order valence-corrected chi connectivity index (χ3v) is 3.85. The summed E-state index contributed by atoms with van der Waals surface area (Å²) < 4.78 is 63.1. The molecule has 3 rings (SSSR count). The molecule has 1 heterocycles. The highest BCUT2D eigenvalue weighted by Crippen LogP contribution is 2.33. The van der Waals surface area contributed by atoms with Crippen LogP contribution in [-0.4, -0.2) is 24.2 Å². The van der Waals surface area contributed by atoms with E-state index in [1.807, 2.05) is 0 Å². The predicted octanol–water partition coefficient (Wildman–Crippen LogP) is 5.06. The Morgan fingerprint density at radius 3 is 2.39 bits per heavy atom. The first-order valence-electron chi connectivity index (χ1n) is 8.01. The van der Waals surface area contributed by atoms with Crippen LogP contribution >= 0.6 is 0 Å². The van der Waals surface area contributed by atoms with Gasteiger partial charge in [0.15, 0.2) is 17.3 Å². The number of methoxy groups -OCH3 is 2. The summed E-state index contributed by atoms with van der Waals surface area (Å²) in [5.41, 5.74) is -0.338. The lowest BCUT2D eigenvalue weighted by molar-refractivity contribution is -0.137. The quantitative estimate of drug-likeness (QED) is 0.614. The zero-order valence-electron chi connectivity index (χ0n) is 14.8. The van der Waals surface area contributed by atoms with E-state index >= 15 is 0 Å². The zero-order valence-corrected chi connectivity index (χ0v) is 14.8. The van der Waals surface area contributed by atoms with Gasteiger partial charge in [0, 0.05) is 11.3 Å². The minimum atomic E-state index is -4.48. The van der Waals surface area contributed by atoms with Gasteiger partial charge in [0.25, 0.3) is 0 Å². The van der Waals surface area contributed by atoms with E-state index in [4.69, 9.17) is 9.47 Å². The molecule has 0 spiro atoms. The number of nitrogens with one attached hydrogen (secondary N) is 1. The molecule has 0 saturated heterocycles. The number of ether oxygens (including phenoxy) is 2. The predicted molar refractivity (Wildman–Crippen MR) is 95.3 cm³/mol. The van der Waals surface area contributed by atoms with Gasteiger partial charge >= 0.3 is 6.18 Å². The summed E-state index contributed by atoms with van der Waals surface area (Å²) in [7, 11) is 2.92. The normalized spacial score (nSPS) is 11.2. The number of rotatable bonds is 5. The summed E-state index contributed by atoms with van der Waals surface area (Å²) in [6.07, 6.45) is -3.54. The van der Waals surface area contributed by atoms with Crippen molar-refractivity contribution in [3.05, 3.63) is 60.0 Å². The molecule has 3 aromatic rings. The van der Waals surface area contributed by atoms with Gasteiger partial charge < -0.3 is 14.8 Å².